The molecule has 4 rings (SSSR count). The van der Waals surface area contributed by atoms with E-state index >= 15 is 0 Å². The lowest BCUT2D eigenvalue weighted by Crippen LogP contribution is -2.54. The molecule has 3 unspecified atom stereocenters. The first-order valence-corrected chi connectivity index (χ1v) is 13.1. The first kappa shape index (κ1) is 29.4. The number of carbonyl (C=O) groups excluding carboxylic acids is 1. The van der Waals surface area contributed by atoms with Crippen molar-refractivity contribution in [3.05, 3.63) is 41.5 Å². The van der Waals surface area contributed by atoms with Crippen molar-refractivity contribution in [2.45, 2.75) is 79.6 Å². The van der Waals surface area contributed by atoms with E-state index in [0.717, 1.165) is 37.4 Å². The van der Waals surface area contributed by atoms with Gasteiger partial charge in [0.2, 0.25) is 5.91 Å². The molecule has 3 aliphatic rings. The molecule has 3 atom stereocenters. The van der Waals surface area contributed by atoms with Crippen molar-refractivity contribution in [2.75, 3.05) is 26.7 Å². The number of carbonyl (C=O) groups is 1. The van der Waals surface area contributed by atoms with Crippen LogP contribution in [-0.4, -0.2) is 32.6 Å². The molecule has 0 spiro atoms. The van der Waals surface area contributed by atoms with Crippen LogP contribution in [0.1, 0.15) is 88.0 Å². The van der Waals surface area contributed by atoms with Gasteiger partial charge in [-0.25, -0.2) is 0 Å². The third kappa shape index (κ3) is 10.9. The summed E-state index contributed by atoms with van der Waals surface area (Å²) in [7, 11) is 1.96. The number of nitrogens with one attached hydrogen (secondary N) is 2. The van der Waals surface area contributed by atoms with Gasteiger partial charge < -0.3 is 16.4 Å². The maximum Gasteiger partial charge on any atom is 0.216 e. The second-order valence-electron chi connectivity index (χ2n) is 10.4. The highest BCUT2D eigenvalue weighted by atomic mass is 16.1. The average Bonchev–Trinajstić information content (AvgIpc) is 2.80. The fourth-order valence-corrected chi connectivity index (χ4v) is 5.22. The second kappa shape index (κ2) is 16.1. The van der Waals surface area contributed by atoms with Gasteiger partial charge in [0.25, 0.3) is 0 Å². The van der Waals surface area contributed by atoms with E-state index in [0.29, 0.717) is 5.41 Å². The number of fused-ring (bicyclic) bond motifs is 2. The van der Waals surface area contributed by atoms with Gasteiger partial charge in [0.1, 0.15) is 0 Å². The third-order valence-electron chi connectivity index (χ3n) is 7.34. The fraction of sp³-hybridized carbons (Fsp3) is 0.690. The predicted octanol–water partition coefficient (Wildman–Crippen LogP) is 6.52. The van der Waals surface area contributed by atoms with Gasteiger partial charge >= 0.3 is 0 Å². The van der Waals surface area contributed by atoms with Crippen LogP contribution < -0.4 is 16.4 Å². The molecule has 3 fully saturated rings. The fourth-order valence-electron chi connectivity index (χ4n) is 5.22. The first-order valence-electron chi connectivity index (χ1n) is 13.1. The minimum absolute atomic E-state index is 0. The summed E-state index contributed by atoms with van der Waals surface area (Å²) in [6.07, 6.45) is 11.4. The summed E-state index contributed by atoms with van der Waals surface area (Å²) in [5, 5.41) is 6.09. The van der Waals surface area contributed by atoms with E-state index in [1.54, 1.807) is 6.92 Å². The van der Waals surface area contributed by atoms with E-state index in [1.807, 2.05) is 13.1 Å². The van der Waals surface area contributed by atoms with Crippen LogP contribution in [-0.2, 0) is 4.79 Å². The van der Waals surface area contributed by atoms with Crippen molar-refractivity contribution in [3.8, 4) is 0 Å². The Bertz CT molecular complexity index is 688. The Hall–Kier alpha value is -1.65. The van der Waals surface area contributed by atoms with E-state index in [2.05, 4.69) is 68.7 Å². The highest BCUT2D eigenvalue weighted by Crippen LogP contribution is 2.61. The summed E-state index contributed by atoms with van der Waals surface area (Å²) < 4.78 is 0. The molecule has 3 aliphatic carbocycles. The van der Waals surface area contributed by atoms with Gasteiger partial charge in [0, 0.05) is 22.9 Å². The molecule has 1 aromatic carbocycles. The summed E-state index contributed by atoms with van der Waals surface area (Å²) in [4.78, 5) is 10.9. The molecular weight excluding hydrogens is 406 g/mol. The van der Waals surface area contributed by atoms with Crippen molar-refractivity contribution in [1.29, 1.82) is 0 Å². The van der Waals surface area contributed by atoms with Gasteiger partial charge in [0.05, 0.1) is 0 Å². The van der Waals surface area contributed by atoms with Gasteiger partial charge in [-0.05, 0) is 74.9 Å². The topological polar surface area (TPSA) is 67.2 Å². The predicted molar refractivity (Wildman–Crippen MR) is 148 cm³/mol. The van der Waals surface area contributed by atoms with Crippen molar-refractivity contribution in [2.24, 2.45) is 28.9 Å². The molecule has 0 aliphatic heterocycles. The maximum absolute atomic E-state index is 10.9. The molecule has 33 heavy (non-hydrogen) atoms. The Kier molecular flexibility index (Phi) is 14.3. The Morgan fingerprint density at radius 3 is 2.36 bits per heavy atom. The van der Waals surface area contributed by atoms with Crippen LogP contribution in [0.15, 0.2) is 35.9 Å². The molecule has 4 heteroatoms. The highest BCUT2D eigenvalue weighted by molar-refractivity contribution is 5.72. The molecule has 0 heterocycles. The summed E-state index contributed by atoms with van der Waals surface area (Å²) in [6.45, 7) is 13.4. The molecule has 3 saturated carbocycles. The van der Waals surface area contributed by atoms with Crippen LogP contribution in [0.3, 0.4) is 0 Å². The number of nitrogens with two attached hydrogens (primary N) is 1. The maximum atomic E-state index is 10.9. The SMILES string of the molecule is CC(=O)NCC1CCC2CC1C2(C)C.CCCCCCN.CNC/C(C)=C/c1ccccc1.[HH].[HH]. The van der Waals surface area contributed by atoms with Crippen molar-refractivity contribution in [1.82, 2.24) is 10.6 Å². The van der Waals surface area contributed by atoms with Crippen LogP contribution in [0.2, 0.25) is 0 Å². The van der Waals surface area contributed by atoms with Crippen molar-refractivity contribution >= 4 is 12.0 Å². The number of hydrogen-bond acceptors (Lipinski definition) is 3. The number of benzene rings is 1. The Morgan fingerprint density at radius 1 is 1.15 bits per heavy atom. The van der Waals surface area contributed by atoms with Gasteiger partial charge in [0.15, 0.2) is 0 Å². The van der Waals surface area contributed by atoms with E-state index < -0.39 is 0 Å². The van der Waals surface area contributed by atoms with Crippen molar-refractivity contribution in [3.63, 3.8) is 0 Å². The van der Waals surface area contributed by atoms with E-state index in [1.165, 1.54) is 56.1 Å². The average molecular weight is 462 g/mol. The Morgan fingerprint density at radius 2 is 1.85 bits per heavy atom. The summed E-state index contributed by atoms with van der Waals surface area (Å²) in [6, 6.07) is 10.4. The van der Waals surface area contributed by atoms with Crippen LogP contribution in [0.4, 0.5) is 0 Å². The zero-order valence-electron chi connectivity index (χ0n) is 22.3. The molecular formula is C29H55N3O. The molecule has 192 valence electrons. The zero-order chi connectivity index (χ0) is 24.7. The lowest BCUT2D eigenvalue weighted by molar-refractivity contribution is -0.123. The van der Waals surface area contributed by atoms with Gasteiger partial charge in [-0.15, -0.1) is 0 Å². The van der Waals surface area contributed by atoms with Crippen molar-refractivity contribution < 1.29 is 7.65 Å². The molecule has 0 aromatic heterocycles. The lowest BCUT2D eigenvalue weighted by atomic mass is 9.45. The van der Waals surface area contributed by atoms with Crippen LogP contribution >= 0.6 is 0 Å². The minimum atomic E-state index is 0. The van der Waals surface area contributed by atoms with Gasteiger partial charge in [-0.2, -0.15) is 0 Å². The molecule has 4 N–H and O–H groups in total. The normalized spacial score (nSPS) is 22.6. The molecule has 1 amide bonds. The number of amides is 1. The molecule has 2 bridgehead atoms. The van der Waals surface area contributed by atoms with Gasteiger partial charge in [-0.1, -0.05) is 82.0 Å². The molecule has 0 radical (unpaired) electrons. The molecule has 4 nitrogen and oxygen atoms in total. The number of likely N-dealkylation sites (N-methyl/N-ethyl adjacent to an activating group) is 1. The standard InChI is InChI=1S/C12H21NO.C11H15N.C6H15N.2H2/c1-8(14)13-7-9-4-5-10-6-11(9)12(10,2)3;1-10(9-12-2)8-11-6-4-3-5-7-11;1-2-3-4-5-6-7;;/h9-11H,4-7H2,1-3H3,(H,13,14);3-8,12H,9H2,1-2H3;2-7H2,1H3;2*1H/b;10-8+;;;. The number of hydrogen-bond donors (Lipinski definition) is 3. The van der Waals surface area contributed by atoms with E-state index in [9.17, 15) is 4.79 Å². The largest absolute Gasteiger partial charge is 0.356 e. The van der Waals surface area contributed by atoms with E-state index in [4.69, 9.17) is 5.73 Å². The smallest absolute Gasteiger partial charge is 0.216 e. The van der Waals surface area contributed by atoms with Gasteiger partial charge in [-0.3, -0.25) is 4.79 Å². The van der Waals surface area contributed by atoms with Crippen LogP contribution in [0.25, 0.3) is 6.08 Å². The quantitative estimate of drug-likeness (QED) is 0.367. The first-order chi connectivity index (χ1) is 15.8. The number of unbranched alkanes of at least 4 members (excludes halogenated alkanes) is 3. The molecule has 1 aromatic rings. The van der Waals surface area contributed by atoms with Crippen LogP contribution in [0.5, 0.6) is 0 Å². The zero-order valence-corrected chi connectivity index (χ0v) is 22.3. The highest BCUT2D eigenvalue weighted by Gasteiger charge is 2.53. The number of rotatable bonds is 9. The van der Waals surface area contributed by atoms with E-state index in [-0.39, 0.29) is 8.76 Å². The minimum Gasteiger partial charge on any atom is -0.356 e. The Balaban J connectivity index is 0. The summed E-state index contributed by atoms with van der Waals surface area (Å²) >= 11 is 0. The lowest BCUT2D eigenvalue weighted by Gasteiger charge is -2.60. The Labute approximate surface area is 207 Å². The summed E-state index contributed by atoms with van der Waals surface area (Å²) in [5.41, 5.74) is 8.43. The molecule has 0 saturated heterocycles. The second-order valence-corrected chi connectivity index (χ2v) is 10.4. The van der Waals surface area contributed by atoms with Crippen LogP contribution in [0, 0.1) is 23.2 Å². The third-order valence-corrected chi connectivity index (χ3v) is 7.34. The summed E-state index contributed by atoms with van der Waals surface area (Å²) in [5.74, 6) is 2.66. The monoisotopic (exact) mass is 461 g/mol.